The smallest absolute Gasteiger partial charge is 0.183 e. The van der Waals surface area contributed by atoms with Gasteiger partial charge in [0.25, 0.3) is 0 Å². The average molecular weight is 227 g/mol. The van der Waals surface area contributed by atoms with E-state index in [2.05, 4.69) is 0 Å². The molecule has 0 heterocycles. The van der Waals surface area contributed by atoms with Crippen LogP contribution in [0.5, 0.6) is 0 Å². The molecule has 0 fully saturated rings. The maximum atomic E-state index is 5.89. The summed E-state index contributed by atoms with van der Waals surface area (Å²) in [7, 11) is 2.01. The third-order valence-corrected chi connectivity index (χ3v) is 2.36. The number of benzene rings is 1. The summed E-state index contributed by atoms with van der Waals surface area (Å²) in [6, 6.07) is 5.73. The minimum atomic E-state index is -0.280. The van der Waals surface area contributed by atoms with Crippen LogP contribution in [-0.2, 0) is 9.47 Å². The quantitative estimate of drug-likeness (QED) is 0.562. The Bertz CT molecular complexity index is 311. The highest BCUT2D eigenvalue weighted by atomic mass is 35.5. The molecule has 0 saturated heterocycles. The van der Waals surface area contributed by atoms with E-state index in [1.807, 2.05) is 39.9 Å². The van der Waals surface area contributed by atoms with E-state index in [0.717, 1.165) is 16.0 Å². The lowest BCUT2D eigenvalue weighted by molar-refractivity contribution is -0.139. The molecule has 1 rings (SSSR count). The lowest BCUT2D eigenvalue weighted by atomic mass is 9.90. The molecule has 15 heavy (non-hydrogen) atoms. The normalized spacial score (nSPS) is 10.9. The van der Waals surface area contributed by atoms with Crippen LogP contribution in [0.15, 0.2) is 18.2 Å². The average Bonchev–Trinajstić information content (AvgIpc) is 2.17. The number of halogens is 1. The van der Waals surface area contributed by atoms with Crippen molar-refractivity contribution in [3.05, 3.63) is 28.8 Å². The van der Waals surface area contributed by atoms with Gasteiger partial charge in [-0.2, -0.15) is 0 Å². The van der Waals surface area contributed by atoms with Crippen LogP contribution >= 0.6 is 11.6 Å². The zero-order valence-electron chi connectivity index (χ0n) is 9.42. The topological polar surface area (TPSA) is 18.5 Å². The van der Waals surface area contributed by atoms with Crippen LogP contribution in [0, 0.1) is 0 Å². The van der Waals surface area contributed by atoms with Crippen molar-refractivity contribution >= 4 is 24.9 Å². The van der Waals surface area contributed by atoms with Gasteiger partial charge in [0, 0.05) is 23.8 Å². The summed E-state index contributed by atoms with van der Waals surface area (Å²) in [5, 5.41) is 0.739. The summed E-state index contributed by atoms with van der Waals surface area (Å²) >= 11 is 5.89. The predicted octanol–water partition coefficient (Wildman–Crippen LogP) is 1.67. The van der Waals surface area contributed by atoms with E-state index in [1.165, 1.54) is 0 Å². The van der Waals surface area contributed by atoms with Gasteiger partial charge >= 0.3 is 0 Å². The van der Waals surface area contributed by atoms with E-state index in [0.29, 0.717) is 13.2 Å². The highest BCUT2D eigenvalue weighted by Crippen LogP contribution is 2.18. The van der Waals surface area contributed by atoms with Crippen LogP contribution in [-0.4, -0.2) is 21.1 Å². The van der Waals surface area contributed by atoms with Crippen molar-refractivity contribution < 1.29 is 9.47 Å². The molecule has 0 radical (unpaired) electrons. The van der Waals surface area contributed by atoms with Gasteiger partial charge < -0.3 is 9.47 Å². The van der Waals surface area contributed by atoms with Gasteiger partial charge in [-0.1, -0.05) is 23.1 Å². The largest absolute Gasteiger partial charge is 0.349 e. The summed E-state index contributed by atoms with van der Waals surface area (Å²) in [6.07, 6.45) is -0.280. The van der Waals surface area contributed by atoms with Gasteiger partial charge in [0.1, 0.15) is 7.85 Å². The van der Waals surface area contributed by atoms with E-state index >= 15 is 0 Å². The van der Waals surface area contributed by atoms with Gasteiger partial charge in [-0.3, -0.25) is 0 Å². The zero-order valence-corrected chi connectivity index (χ0v) is 10.2. The van der Waals surface area contributed by atoms with Gasteiger partial charge in [-0.15, -0.1) is 0 Å². The summed E-state index contributed by atoms with van der Waals surface area (Å²) < 4.78 is 11.0. The highest BCUT2D eigenvalue weighted by molar-refractivity contribution is 6.36. The fourth-order valence-electron chi connectivity index (χ4n) is 1.43. The standard InChI is InChI=1S/C11H16BClO2/c1-3-14-11(15-4-2)9-6-5-8(13)7-10(9)12/h5-7,11H,3-4,12H2,1-2H3. The van der Waals surface area contributed by atoms with Crippen LogP contribution in [0.25, 0.3) is 0 Å². The van der Waals surface area contributed by atoms with Gasteiger partial charge in [0.05, 0.1) is 0 Å². The molecule has 0 saturated carbocycles. The first-order valence-corrected chi connectivity index (χ1v) is 5.56. The Morgan fingerprint density at radius 1 is 1.27 bits per heavy atom. The maximum absolute atomic E-state index is 5.89. The Balaban J connectivity index is 2.89. The Labute approximate surface area is 96.9 Å². The highest BCUT2D eigenvalue weighted by Gasteiger charge is 2.13. The van der Waals surface area contributed by atoms with Crippen molar-refractivity contribution in [1.82, 2.24) is 0 Å². The molecule has 0 aliphatic rings. The molecule has 0 N–H and O–H groups in total. The minimum Gasteiger partial charge on any atom is -0.349 e. The van der Waals surface area contributed by atoms with Gasteiger partial charge in [0.15, 0.2) is 6.29 Å². The van der Waals surface area contributed by atoms with Crippen molar-refractivity contribution in [2.75, 3.05) is 13.2 Å². The van der Waals surface area contributed by atoms with E-state index in [1.54, 1.807) is 0 Å². The summed E-state index contributed by atoms with van der Waals surface area (Å²) in [5.41, 5.74) is 2.14. The minimum absolute atomic E-state index is 0.280. The molecule has 0 aromatic heterocycles. The van der Waals surface area contributed by atoms with E-state index < -0.39 is 0 Å². The van der Waals surface area contributed by atoms with Crippen LogP contribution < -0.4 is 5.46 Å². The van der Waals surface area contributed by atoms with E-state index in [4.69, 9.17) is 21.1 Å². The fraction of sp³-hybridized carbons (Fsp3) is 0.455. The second kappa shape index (κ2) is 6.16. The molecule has 0 aliphatic carbocycles. The number of hydrogen-bond donors (Lipinski definition) is 0. The molecular weight excluding hydrogens is 210 g/mol. The predicted molar refractivity (Wildman–Crippen MR) is 65.6 cm³/mol. The molecule has 4 heteroatoms. The Morgan fingerprint density at radius 3 is 2.33 bits per heavy atom. The van der Waals surface area contributed by atoms with Gasteiger partial charge in [-0.25, -0.2) is 0 Å². The van der Waals surface area contributed by atoms with Crippen LogP contribution in [0.4, 0.5) is 0 Å². The molecule has 1 aromatic carbocycles. The zero-order chi connectivity index (χ0) is 11.3. The van der Waals surface area contributed by atoms with Crippen molar-refractivity contribution in [3.63, 3.8) is 0 Å². The molecule has 0 aliphatic heterocycles. The third-order valence-electron chi connectivity index (χ3n) is 2.12. The lowest BCUT2D eigenvalue weighted by Gasteiger charge is -2.19. The SMILES string of the molecule is Bc1cc(Cl)ccc1C(OCC)OCC. The van der Waals surface area contributed by atoms with E-state index in [-0.39, 0.29) is 6.29 Å². The lowest BCUT2D eigenvalue weighted by Crippen LogP contribution is -2.19. The summed E-state index contributed by atoms with van der Waals surface area (Å²) in [6.45, 7) is 5.17. The Hall–Kier alpha value is -0.505. The molecular formula is C11H16BClO2. The van der Waals surface area contributed by atoms with Gasteiger partial charge in [0.2, 0.25) is 0 Å². The first kappa shape index (κ1) is 12.6. The number of rotatable bonds is 5. The molecule has 82 valence electrons. The molecule has 0 atom stereocenters. The Morgan fingerprint density at radius 2 is 1.87 bits per heavy atom. The molecule has 0 bridgehead atoms. The Kier molecular flexibility index (Phi) is 5.16. The van der Waals surface area contributed by atoms with Gasteiger partial charge in [-0.05, 0) is 26.0 Å². The second-order valence-electron chi connectivity index (χ2n) is 3.24. The van der Waals surface area contributed by atoms with Crippen molar-refractivity contribution in [2.24, 2.45) is 0 Å². The first-order valence-electron chi connectivity index (χ1n) is 5.18. The molecule has 2 nitrogen and oxygen atoms in total. The number of hydrogen-bond acceptors (Lipinski definition) is 2. The molecule has 0 unspecified atom stereocenters. The van der Waals surface area contributed by atoms with E-state index in [9.17, 15) is 0 Å². The summed E-state index contributed by atoms with van der Waals surface area (Å²) in [4.78, 5) is 0. The molecule has 0 spiro atoms. The monoisotopic (exact) mass is 226 g/mol. The van der Waals surface area contributed by atoms with Crippen LogP contribution in [0.1, 0.15) is 25.7 Å². The van der Waals surface area contributed by atoms with Crippen molar-refractivity contribution in [3.8, 4) is 0 Å². The van der Waals surface area contributed by atoms with Crippen LogP contribution in [0.3, 0.4) is 0 Å². The molecule has 0 amide bonds. The molecule has 1 aromatic rings. The first-order chi connectivity index (χ1) is 7.19. The van der Waals surface area contributed by atoms with Crippen LogP contribution in [0.2, 0.25) is 5.02 Å². The maximum Gasteiger partial charge on any atom is 0.183 e. The fourth-order valence-corrected chi connectivity index (χ4v) is 1.66. The second-order valence-corrected chi connectivity index (χ2v) is 3.68. The summed E-state index contributed by atoms with van der Waals surface area (Å²) in [5.74, 6) is 0. The number of ether oxygens (including phenoxy) is 2. The van der Waals surface area contributed by atoms with Crippen molar-refractivity contribution in [1.29, 1.82) is 0 Å². The van der Waals surface area contributed by atoms with Crippen molar-refractivity contribution in [2.45, 2.75) is 20.1 Å². The third kappa shape index (κ3) is 3.52.